The maximum absolute atomic E-state index is 12.8. The van der Waals surface area contributed by atoms with Crippen LogP contribution in [0.3, 0.4) is 0 Å². The number of sulfone groups is 1. The molecule has 0 radical (unpaired) electrons. The lowest BCUT2D eigenvalue weighted by Gasteiger charge is -2.34. The van der Waals surface area contributed by atoms with Crippen molar-refractivity contribution >= 4 is 15.6 Å². The van der Waals surface area contributed by atoms with E-state index in [4.69, 9.17) is 0 Å². The molecule has 168 valence electrons. The maximum atomic E-state index is 12.8. The summed E-state index contributed by atoms with van der Waals surface area (Å²) >= 11 is 0. The third-order valence-corrected chi connectivity index (χ3v) is 7.50. The lowest BCUT2D eigenvalue weighted by molar-refractivity contribution is -0.141. The molecule has 1 fully saturated rings. The number of nitrogens with zero attached hydrogens (tertiary/aromatic N) is 1. The Hall–Kier alpha value is -2.43. The molecule has 2 aromatic rings. The highest BCUT2D eigenvalue weighted by molar-refractivity contribution is 7.92. The van der Waals surface area contributed by atoms with Gasteiger partial charge < -0.3 is 0 Å². The van der Waals surface area contributed by atoms with Gasteiger partial charge in [0, 0.05) is 18.0 Å². The van der Waals surface area contributed by atoms with Gasteiger partial charge in [0.05, 0.1) is 15.7 Å². The number of aromatic nitrogens is 1. The number of carbonyl (C=O) groups excluding carboxylic acids is 1. The fourth-order valence-electron chi connectivity index (χ4n) is 3.39. The highest BCUT2D eigenvalue weighted by Crippen LogP contribution is 2.39. The van der Waals surface area contributed by atoms with Gasteiger partial charge in [0.1, 0.15) is 11.5 Å². The number of alkyl halides is 6. The van der Waals surface area contributed by atoms with E-state index in [-0.39, 0.29) is 30.7 Å². The normalized spacial score (nSPS) is 19.7. The summed E-state index contributed by atoms with van der Waals surface area (Å²) in [4.78, 5) is 15.4. The van der Waals surface area contributed by atoms with E-state index in [9.17, 15) is 39.6 Å². The summed E-state index contributed by atoms with van der Waals surface area (Å²) in [5, 5.41) is -0.989. The van der Waals surface area contributed by atoms with Crippen LogP contribution in [0.1, 0.15) is 35.4 Å². The topological polar surface area (TPSA) is 64.1 Å². The van der Waals surface area contributed by atoms with Crippen molar-refractivity contribution in [1.29, 1.82) is 0 Å². The molecule has 31 heavy (non-hydrogen) atoms. The van der Waals surface area contributed by atoms with Crippen molar-refractivity contribution in [2.24, 2.45) is 5.92 Å². The number of carbonyl (C=O) groups is 1. The lowest BCUT2D eigenvalue weighted by atomic mass is 9.79. The van der Waals surface area contributed by atoms with Gasteiger partial charge in [-0.2, -0.15) is 26.3 Å². The van der Waals surface area contributed by atoms with Crippen LogP contribution in [0.5, 0.6) is 0 Å². The molecule has 4 nitrogen and oxygen atoms in total. The molecule has 0 N–H and O–H groups in total. The van der Waals surface area contributed by atoms with Crippen molar-refractivity contribution in [3.05, 3.63) is 58.9 Å². The molecule has 1 aromatic carbocycles. The van der Waals surface area contributed by atoms with Crippen LogP contribution in [-0.2, 0) is 33.4 Å². The SMILES string of the molecule is Cc1nc(C(F)(F)F)ccc1CC(=O)C1CC(S(=O)(=O)c2cccc(C(F)(F)F)c2)C1. The van der Waals surface area contributed by atoms with Crippen molar-refractivity contribution in [2.45, 2.75) is 48.7 Å². The number of halogens is 6. The average Bonchev–Trinajstić information content (AvgIpc) is 2.60. The molecular formula is C20H17F6NO3S. The molecule has 1 heterocycles. The highest BCUT2D eigenvalue weighted by Gasteiger charge is 2.43. The van der Waals surface area contributed by atoms with Crippen LogP contribution in [0, 0.1) is 12.8 Å². The number of pyridine rings is 1. The molecule has 3 rings (SSSR count). The molecule has 0 aliphatic heterocycles. The van der Waals surface area contributed by atoms with E-state index in [0.29, 0.717) is 11.6 Å². The summed E-state index contributed by atoms with van der Waals surface area (Å²) in [7, 11) is -4.04. The predicted molar refractivity (Wildman–Crippen MR) is 97.8 cm³/mol. The molecule has 1 aliphatic carbocycles. The number of hydrogen-bond acceptors (Lipinski definition) is 4. The summed E-state index contributed by atoms with van der Waals surface area (Å²) < 4.78 is 102. The smallest absolute Gasteiger partial charge is 0.299 e. The standard InChI is InChI=1S/C20H17F6NO3S/c1-11-12(5-6-18(27-11)20(24,25)26)9-17(28)13-7-16(8-13)31(29,30)15-4-2-3-14(10-15)19(21,22)23/h2-6,10,13,16H,7-9H2,1H3. The van der Waals surface area contributed by atoms with Gasteiger partial charge in [0.2, 0.25) is 0 Å². The number of hydrogen-bond donors (Lipinski definition) is 0. The Balaban J connectivity index is 1.66. The third kappa shape index (κ3) is 4.91. The van der Waals surface area contributed by atoms with E-state index in [2.05, 4.69) is 4.98 Å². The molecule has 0 saturated heterocycles. The Morgan fingerprint density at radius 2 is 1.68 bits per heavy atom. The summed E-state index contributed by atoms with van der Waals surface area (Å²) in [6.07, 6.45) is -9.59. The Kier molecular flexibility index (Phi) is 5.94. The zero-order chi connectivity index (χ0) is 23.2. The molecule has 11 heteroatoms. The molecular weight excluding hydrogens is 448 g/mol. The van der Waals surface area contributed by atoms with Gasteiger partial charge >= 0.3 is 12.4 Å². The average molecular weight is 465 g/mol. The maximum Gasteiger partial charge on any atom is 0.433 e. The zero-order valence-electron chi connectivity index (χ0n) is 16.1. The van der Waals surface area contributed by atoms with E-state index >= 15 is 0 Å². The zero-order valence-corrected chi connectivity index (χ0v) is 16.9. The largest absolute Gasteiger partial charge is 0.433 e. The third-order valence-electron chi connectivity index (χ3n) is 5.33. The summed E-state index contributed by atoms with van der Waals surface area (Å²) in [6, 6.07) is 5.37. The summed E-state index contributed by atoms with van der Waals surface area (Å²) in [6.45, 7) is 1.35. The Bertz CT molecular complexity index is 1100. The minimum atomic E-state index is -4.68. The molecule has 0 atom stereocenters. The number of ketones is 1. The van der Waals surface area contributed by atoms with E-state index < -0.39 is 49.5 Å². The number of Topliss-reactive ketones (excluding diaryl/α,β-unsaturated/α-hetero) is 1. The van der Waals surface area contributed by atoms with E-state index in [0.717, 1.165) is 24.3 Å². The fraction of sp³-hybridized carbons (Fsp3) is 0.400. The molecule has 0 unspecified atom stereocenters. The van der Waals surface area contributed by atoms with Crippen molar-refractivity contribution in [1.82, 2.24) is 4.98 Å². The second kappa shape index (κ2) is 7.92. The molecule has 0 bridgehead atoms. The molecule has 1 saturated carbocycles. The minimum absolute atomic E-state index is 0.0511. The molecule has 1 aromatic heterocycles. The first-order chi connectivity index (χ1) is 14.2. The van der Waals surface area contributed by atoms with Crippen LogP contribution in [0.4, 0.5) is 26.3 Å². The minimum Gasteiger partial charge on any atom is -0.299 e. The first-order valence-electron chi connectivity index (χ1n) is 9.17. The second-order valence-corrected chi connectivity index (χ2v) is 9.67. The molecule has 0 spiro atoms. The van der Waals surface area contributed by atoms with Crippen LogP contribution < -0.4 is 0 Å². The Labute approximate surface area is 174 Å². The predicted octanol–water partition coefficient (Wildman–Crippen LogP) is 4.79. The quantitative estimate of drug-likeness (QED) is 0.596. The van der Waals surface area contributed by atoms with Crippen LogP contribution in [0.2, 0.25) is 0 Å². The Morgan fingerprint density at radius 3 is 2.23 bits per heavy atom. The lowest BCUT2D eigenvalue weighted by Crippen LogP contribution is -2.40. The van der Waals surface area contributed by atoms with Crippen molar-refractivity contribution < 1.29 is 39.6 Å². The molecule has 0 amide bonds. The number of benzene rings is 1. The van der Waals surface area contributed by atoms with Crippen LogP contribution >= 0.6 is 0 Å². The Morgan fingerprint density at radius 1 is 1.03 bits per heavy atom. The second-order valence-electron chi connectivity index (χ2n) is 7.44. The van der Waals surface area contributed by atoms with E-state index in [1.165, 1.54) is 13.0 Å². The fourth-order valence-corrected chi connectivity index (χ4v) is 5.31. The van der Waals surface area contributed by atoms with Crippen molar-refractivity contribution in [3.8, 4) is 0 Å². The molecule has 1 aliphatic rings. The first kappa shape index (κ1) is 23.2. The number of aryl methyl sites for hydroxylation is 1. The van der Waals surface area contributed by atoms with Gasteiger partial charge in [-0.25, -0.2) is 13.4 Å². The van der Waals surface area contributed by atoms with Gasteiger partial charge in [-0.1, -0.05) is 12.1 Å². The van der Waals surface area contributed by atoms with Crippen LogP contribution in [-0.4, -0.2) is 24.4 Å². The highest BCUT2D eigenvalue weighted by atomic mass is 32.2. The van der Waals surface area contributed by atoms with Gasteiger partial charge in [0.15, 0.2) is 9.84 Å². The van der Waals surface area contributed by atoms with Crippen molar-refractivity contribution in [2.75, 3.05) is 0 Å². The first-order valence-corrected chi connectivity index (χ1v) is 10.7. The van der Waals surface area contributed by atoms with E-state index in [1.807, 2.05) is 0 Å². The number of rotatable bonds is 5. The van der Waals surface area contributed by atoms with E-state index in [1.54, 1.807) is 0 Å². The van der Waals surface area contributed by atoms with Crippen LogP contribution in [0.25, 0.3) is 0 Å². The van der Waals surface area contributed by atoms with Crippen LogP contribution in [0.15, 0.2) is 41.3 Å². The summed E-state index contributed by atoms with van der Waals surface area (Å²) in [5.74, 6) is -0.979. The monoisotopic (exact) mass is 465 g/mol. The van der Waals surface area contributed by atoms with Crippen molar-refractivity contribution in [3.63, 3.8) is 0 Å². The summed E-state index contributed by atoms with van der Waals surface area (Å²) in [5.41, 5.74) is -1.79. The van der Waals surface area contributed by atoms with Gasteiger partial charge in [-0.3, -0.25) is 4.79 Å². The van der Waals surface area contributed by atoms with Gasteiger partial charge in [-0.05, 0) is 49.6 Å². The van der Waals surface area contributed by atoms with Gasteiger partial charge in [-0.15, -0.1) is 0 Å². The van der Waals surface area contributed by atoms with Gasteiger partial charge in [0.25, 0.3) is 0 Å².